The van der Waals surface area contributed by atoms with Crippen LogP contribution in [0.15, 0.2) is 98.6 Å². The van der Waals surface area contributed by atoms with Crippen LogP contribution in [0.1, 0.15) is 47.5 Å². The molecule has 5 amide bonds. The number of halogens is 5. The maximum absolute atomic E-state index is 13.3. The third-order valence-corrected chi connectivity index (χ3v) is 15.7. The Morgan fingerprint density at radius 3 is 1.40 bits per heavy atom. The van der Waals surface area contributed by atoms with Crippen LogP contribution in [0.2, 0.25) is 20.1 Å². The largest absolute Gasteiger partial charge is 0.506 e. The molecule has 0 bridgehead atoms. The molecule has 4 N–H and O–H groups in total. The third-order valence-electron chi connectivity index (χ3n) is 14.0. The first kappa shape index (κ1) is 68.9. The quantitative estimate of drug-likeness (QED) is 0.0436. The molecule has 2 saturated heterocycles. The van der Waals surface area contributed by atoms with Crippen LogP contribution in [0.3, 0.4) is 0 Å². The molecule has 0 aliphatic carbocycles. The summed E-state index contributed by atoms with van der Waals surface area (Å²) in [6, 6.07) is 18.0. The fourth-order valence-electron chi connectivity index (χ4n) is 9.20. The van der Waals surface area contributed by atoms with Gasteiger partial charge < -0.3 is 50.0 Å². The molecule has 27 heteroatoms. The molecule has 0 atom stereocenters. The van der Waals surface area contributed by atoms with E-state index in [-0.39, 0.29) is 84.8 Å². The Kier molecular flexibility index (Phi) is 25.5. The molecule has 466 valence electrons. The van der Waals surface area contributed by atoms with Crippen LogP contribution in [0.25, 0.3) is 0 Å². The van der Waals surface area contributed by atoms with Crippen molar-refractivity contribution in [2.75, 3.05) is 118 Å². The van der Waals surface area contributed by atoms with Gasteiger partial charge in [0.15, 0.2) is 0 Å². The summed E-state index contributed by atoms with van der Waals surface area (Å²) in [5.41, 5.74) is 6.77. The third kappa shape index (κ3) is 18.4. The van der Waals surface area contributed by atoms with Gasteiger partial charge in [-0.25, -0.2) is 19.9 Å². The first-order chi connectivity index (χ1) is 42.0. The van der Waals surface area contributed by atoms with E-state index in [0.29, 0.717) is 90.5 Å². The van der Waals surface area contributed by atoms with Crippen molar-refractivity contribution in [3.63, 3.8) is 0 Å². The zero-order chi connectivity index (χ0) is 64.4. The second-order valence-electron chi connectivity index (χ2n) is 19.7. The number of aromatic hydroxyl groups is 1. The number of methoxy groups -OCH3 is 3. The van der Waals surface area contributed by atoms with Crippen molar-refractivity contribution in [1.82, 2.24) is 30.2 Å². The zero-order valence-electron chi connectivity index (χ0n) is 49.5. The van der Waals surface area contributed by atoms with Crippen LogP contribution in [-0.2, 0) is 54.5 Å². The highest BCUT2D eigenvalue weighted by Crippen LogP contribution is 2.42. The summed E-state index contributed by atoms with van der Waals surface area (Å²) in [5.74, 6) is 0.110. The topological polar surface area (TPSA) is 254 Å². The Bertz CT molecular complexity index is 3530. The number of rotatable bonds is 19. The predicted octanol–water partition coefficient (Wildman–Crippen LogP) is 8.99. The number of nitrogens with zero attached hydrogens (tertiary/aromatic N) is 9. The van der Waals surface area contributed by atoms with Gasteiger partial charge in [0.2, 0.25) is 34.8 Å². The number of piperazine rings is 2. The van der Waals surface area contributed by atoms with E-state index < -0.39 is 0 Å². The minimum atomic E-state index is -0.380. The van der Waals surface area contributed by atoms with Gasteiger partial charge in [0, 0.05) is 151 Å². The van der Waals surface area contributed by atoms with Crippen LogP contribution in [0.5, 0.6) is 23.0 Å². The lowest BCUT2D eigenvalue weighted by Crippen LogP contribution is -2.48. The number of carbonyl (C=O) groups excluding carboxylic acids is 6. The molecule has 2 fully saturated rings. The highest BCUT2D eigenvalue weighted by atomic mass is 35.5. The van der Waals surface area contributed by atoms with Gasteiger partial charge in [-0.2, -0.15) is 0 Å². The number of anilines is 6. The molecule has 22 nitrogen and oxygen atoms in total. The van der Waals surface area contributed by atoms with E-state index in [1.807, 2.05) is 41.3 Å². The fourth-order valence-corrected chi connectivity index (χ4v) is 10.4. The molecular formula is C61H67Cl5N12O10. The standard InChI is InChI=1S/C30H32Cl2N6O5.C29H32Cl2N6O4.C2H3ClO/c1-5-27(41)35-23-14-21(38-10-8-37(9-11-38)18(2)39)7-6-19(23)12-20-13-26(34-17-33-20)36(3)28(42)15-22-29(31)24(40)16-25(43-4)30(22)32;1-5-26(38)35-22-14-20(37-10-8-32-9-11-37)7-6-18(22)12-19-13-25(34-17-33-19)36(2)27(39)15-21-28(30)23(40-3)16-24(41-4)29(21)31;1-2(3)4/h5-7,13-14,16-17,40H,1,8-12,15H2,2-4H3,(H,35,41);5-7,13-14,16-17,32H,1,8-12,15H2,2-4H3,(H,35,38);1H3. The summed E-state index contributed by atoms with van der Waals surface area (Å²) in [6.07, 6.45) is 5.62. The van der Waals surface area contributed by atoms with Crippen molar-refractivity contribution in [2.45, 2.75) is 39.5 Å². The van der Waals surface area contributed by atoms with E-state index in [4.69, 9.17) is 60.6 Å². The molecule has 0 unspecified atom stereocenters. The average molecular weight is 1310 g/mol. The van der Waals surface area contributed by atoms with E-state index in [0.717, 1.165) is 48.7 Å². The summed E-state index contributed by atoms with van der Waals surface area (Å²) in [4.78, 5) is 98.2. The number of amides is 5. The smallest absolute Gasteiger partial charge is 0.247 e. The van der Waals surface area contributed by atoms with Crippen LogP contribution >= 0.6 is 58.0 Å². The van der Waals surface area contributed by atoms with Crippen molar-refractivity contribution in [3.05, 3.63) is 152 Å². The fraction of sp³-hybridized carbons (Fsp3) is 0.311. The summed E-state index contributed by atoms with van der Waals surface area (Å²) in [7, 11) is 7.52. The Balaban J connectivity index is 0.000000265. The maximum atomic E-state index is 13.3. The number of phenolic OH excluding ortho intramolecular Hbond substituents is 1. The number of nitrogens with one attached hydrogen (secondary N) is 3. The number of hydrogen-bond acceptors (Lipinski definition) is 17. The predicted molar refractivity (Wildman–Crippen MR) is 345 cm³/mol. The Labute approximate surface area is 535 Å². The van der Waals surface area contributed by atoms with Gasteiger partial charge in [-0.1, -0.05) is 71.7 Å². The molecule has 2 aliphatic rings. The number of benzene rings is 4. The van der Waals surface area contributed by atoms with Crippen LogP contribution < -0.4 is 49.8 Å². The van der Waals surface area contributed by atoms with Crippen LogP contribution in [0, 0.1) is 0 Å². The number of hydrogen-bond donors (Lipinski definition) is 4. The average Bonchev–Trinajstić information content (AvgIpc) is 2.36. The minimum Gasteiger partial charge on any atom is -0.506 e. The lowest BCUT2D eigenvalue weighted by atomic mass is 10.0. The number of ether oxygens (including phenoxy) is 3. The zero-order valence-corrected chi connectivity index (χ0v) is 53.3. The van der Waals surface area contributed by atoms with E-state index in [1.165, 1.54) is 68.9 Å². The van der Waals surface area contributed by atoms with E-state index in [9.17, 15) is 33.9 Å². The number of likely N-dealkylation sites (N-methyl/N-ethyl adjacent to an activating group) is 2. The van der Waals surface area contributed by atoms with Crippen LogP contribution in [-0.4, -0.2) is 153 Å². The molecule has 0 radical (unpaired) electrons. The molecule has 88 heavy (non-hydrogen) atoms. The molecule has 4 aromatic carbocycles. The second-order valence-corrected chi connectivity index (χ2v) is 21.8. The van der Waals surface area contributed by atoms with Crippen molar-refractivity contribution >= 4 is 127 Å². The van der Waals surface area contributed by atoms with Gasteiger partial charge in [-0.3, -0.25) is 38.6 Å². The first-order valence-electron chi connectivity index (χ1n) is 27.2. The highest BCUT2D eigenvalue weighted by Gasteiger charge is 2.26. The minimum absolute atomic E-state index is 0.0331. The summed E-state index contributed by atoms with van der Waals surface area (Å²) >= 11 is 30.2. The number of phenols is 1. The second kappa shape index (κ2) is 32.6. The molecule has 6 aromatic rings. The van der Waals surface area contributed by atoms with E-state index >= 15 is 0 Å². The van der Waals surface area contributed by atoms with Gasteiger partial charge in [0.05, 0.1) is 65.6 Å². The molecule has 8 rings (SSSR count). The maximum Gasteiger partial charge on any atom is 0.247 e. The summed E-state index contributed by atoms with van der Waals surface area (Å²) in [5, 5.41) is 19.5. The van der Waals surface area contributed by atoms with Crippen molar-refractivity contribution in [1.29, 1.82) is 0 Å². The lowest BCUT2D eigenvalue weighted by Gasteiger charge is -2.36. The number of carbonyl (C=O) groups is 6. The van der Waals surface area contributed by atoms with Gasteiger partial charge in [0.25, 0.3) is 0 Å². The molecule has 0 saturated carbocycles. The molecule has 0 spiro atoms. The van der Waals surface area contributed by atoms with Gasteiger partial charge in [-0.15, -0.1) is 0 Å². The van der Waals surface area contributed by atoms with Gasteiger partial charge >= 0.3 is 0 Å². The van der Waals surface area contributed by atoms with E-state index in [2.05, 4.69) is 70.4 Å². The van der Waals surface area contributed by atoms with E-state index in [1.54, 1.807) is 39.2 Å². The van der Waals surface area contributed by atoms with Gasteiger partial charge in [-0.05, 0) is 59.1 Å². The normalized spacial score (nSPS) is 12.7. The Morgan fingerprint density at radius 1 is 0.602 bits per heavy atom. The van der Waals surface area contributed by atoms with Crippen molar-refractivity contribution in [3.8, 4) is 23.0 Å². The van der Waals surface area contributed by atoms with Crippen molar-refractivity contribution in [2.24, 2.45) is 0 Å². The Hall–Kier alpha value is -8.25. The number of aromatic nitrogens is 4. The Morgan fingerprint density at radius 2 is 1.00 bits per heavy atom. The monoisotopic (exact) mass is 1300 g/mol. The van der Waals surface area contributed by atoms with Gasteiger partial charge in [0.1, 0.15) is 47.3 Å². The highest BCUT2D eigenvalue weighted by molar-refractivity contribution is 6.62. The molecule has 4 heterocycles. The SMILES string of the molecule is C=CC(=O)Nc1cc(N2CCN(C(C)=O)CC2)ccc1Cc1cc(N(C)C(=O)Cc2c(Cl)c(O)cc(OC)c2Cl)ncn1.C=CC(=O)Nc1cc(N2CCNCC2)ccc1Cc1cc(N(C)C(=O)Cc2c(Cl)c(OC)cc(OC)c2Cl)ncn1.CC(=O)Cl. The first-order valence-corrected chi connectivity index (χ1v) is 29.1. The van der Waals surface area contributed by atoms with Crippen LogP contribution in [0.4, 0.5) is 34.4 Å². The molecular weight excluding hydrogens is 1240 g/mol. The molecule has 2 aliphatic heterocycles. The molecule has 2 aromatic heterocycles. The summed E-state index contributed by atoms with van der Waals surface area (Å²) in [6.45, 7) is 16.1. The lowest BCUT2D eigenvalue weighted by molar-refractivity contribution is -0.129. The van der Waals surface area contributed by atoms with Crippen molar-refractivity contribution < 1.29 is 48.1 Å². The summed E-state index contributed by atoms with van der Waals surface area (Å²) < 4.78 is 15.8.